The number of likely N-dealkylation sites (N-methyl/N-ethyl adjacent to an activating group) is 1. The van der Waals surface area contributed by atoms with Crippen molar-refractivity contribution in [1.82, 2.24) is 15.2 Å². The zero-order valence-electron chi connectivity index (χ0n) is 12.4. The Kier molecular flexibility index (Phi) is 3.09. The third-order valence-electron chi connectivity index (χ3n) is 3.96. The summed E-state index contributed by atoms with van der Waals surface area (Å²) in [5, 5.41) is 10.7. The molecule has 1 aromatic heterocycles. The zero-order chi connectivity index (χ0) is 15.9. The van der Waals surface area contributed by atoms with Crippen molar-refractivity contribution in [2.75, 3.05) is 12.8 Å². The number of aromatic nitrogens is 1. The molecule has 6 heteroatoms. The van der Waals surface area contributed by atoms with Gasteiger partial charge >= 0.3 is 0 Å². The van der Waals surface area contributed by atoms with Gasteiger partial charge in [0.1, 0.15) is 5.54 Å². The minimum absolute atomic E-state index is 0.0924. The van der Waals surface area contributed by atoms with Crippen molar-refractivity contribution < 1.29 is 4.79 Å². The minimum atomic E-state index is -0.955. The highest BCUT2D eigenvalue weighted by molar-refractivity contribution is 6.07. The average molecular weight is 295 g/mol. The van der Waals surface area contributed by atoms with Crippen LogP contribution in [-0.2, 0) is 10.3 Å². The topological polar surface area (TPSA) is 95.1 Å². The van der Waals surface area contributed by atoms with Gasteiger partial charge in [-0.3, -0.25) is 20.1 Å². The number of amides is 1. The Morgan fingerprint density at radius 2 is 2.09 bits per heavy atom. The monoisotopic (exact) mass is 295 g/mol. The molecule has 1 atom stereocenters. The lowest BCUT2D eigenvalue weighted by Gasteiger charge is -2.22. The van der Waals surface area contributed by atoms with Gasteiger partial charge in [-0.2, -0.15) is 0 Å². The molecule has 1 fully saturated rings. The van der Waals surface area contributed by atoms with Crippen LogP contribution >= 0.6 is 0 Å². The molecule has 112 valence electrons. The molecule has 0 bridgehead atoms. The summed E-state index contributed by atoms with van der Waals surface area (Å²) in [6.07, 6.45) is 1.66. The van der Waals surface area contributed by atoms with E-state index in [2.05, 4.69) is 10.3 Å². The first kappa shape index (κ1) is 14.1. The van der Waals surface area contributed by atoms with Gasteiger partial charge in [0.25, 0.3) is 5.91 Å². The molecule has 1 saturated heterocycles. The van der Waals surface area contributed by atoms with Crippen LogP contribution in [0.1, 0.15) is 12.5 Å². The van der Waals surface area contributed by atoms with E-state index in [0.29, 0.717) is 5.69 Å². The Labute approximate surface area is 128 Å². The third-order valence-corrected chi connectivity index (χ3v) is 3.96. The quantitative estimate of drug-likeness (QED) is 0.732. The molecule has 1 aromatic carbocycles. The molecule has 3 rings (SSSR count). The lowest BCUT2D eigenvalue weighted by atomic mass is 9.91. The van der Waals surface area contributed by atoms with Gasteiger partial charge in [-0.05, 0) is 36.8 Å². The first-order valence-electron chi connectivity index (χ1n) is 6.89. The van der Waals surface area contributed by atoms with Crippen LogP contribution in [0.15, 0.2) is 42.6 Å². The summed E-state index contributed by atoms with van der Waals surface area (Å²) in [4.78, 5) is 18.1. The van der Waals surface area contributed by atoms with E-state index in [1.165, 1.54) is 4.90 Å². The molecule has 6 nitrogen and oxygen atoms in total. The highest BCUT2D eigenvalue weighted by Gasteiger charge is 2.45. The van der Waals surface area contributed by atoms with Gasteiger partial charge in [0, 0.05) is 24.5 Å². The normalized spacial score (nSPS) is 21.1. The Bertz CT molecular complexity index is 773. The first-order valence-corrected chi connectivity index (χ1v) is 6.89. The Hall–Kier alpha value is -2.89. The number of nitrogen functional groups attached to an aromatic ring is 1. The van der Waals surface area contributed by atoms with Gasteiger partial charge in [0.15, 0.2) is 5.96 Å². The van der Waals surface area contributed by atoms with Crippen LogP contribution in [0.4, 0.5) is 5.69 Å². The number of carbonyl (C=O) groups excluding carboxylic acids is 1. The number of nitrogens with one attached hydrogen (secondary N) is 2. The van der Waals surface area contributed by atoms with E-state index < -0.39 is 5.54 Å². The number of guanidine groups is 1. The van der Waals surface area contributed by atoms with Gasteiger partial charge < -0.3 is 11.1 Å². The second-order valence-electron chi connectivity index (χ2n) is 5.52. The Balaban J connectivity index is 2.05. The van der Waals surface area contributed by atoms with E-state index in [4.69, 9.17) is 11.1 Å². The predicted octanol–water partition coefficient (Wildman–Crippen LogP) is 1.54. The van der Waals surface area contributed by atoms with Crippen LogP contribution in [0.3, 0.4) is 0 Å². The maximum absolute atomic E-state index is 12.4. The number of benzene rings is 1. The van der Waals surface area contributed by atoms with E-state index in [9.17, 15) is 4.79 Å². The molecule has 0 aliphatic carbocycles. The molecule has 2 aromatic rings. The maximum Gasteiger partial charge on any atom is 0.259 e. The number of rotatable bonds is 2. The van der Waals surface area contributed by atoms with E-state index in [1.54, 1.807) is 26.2 Å². The summed E-state index contributed by atoms with van der Waals surface area (Å²) in [5.74, 6) is -0.0722. The second-order valence-corrected chi connectivity index (χ2v) is 5.52. The fourth-order valence-electron chi connectivity index (χ4n) is 2.60. The third kappa shape index (κ3) is 2.09. The van der Waals surface area contributed by atoms with Crippen molar-refractivity contribution in [3.8, 4) is 11.3 Å². The Morgan fingerprint density at radius 3 is 2.73 bits per heavy atom. The molecule has 0 saturated carbocycles. The number of nitrogens with two attached hydrogens (primary N) is 1. The van der Waals surface area contributed by atoms with Gasteiger partial charge in [-0.25, -0.2) is 0 Å². The molecular formula is C16H17N5O. The number of pyridine rings is 1. The fraction of sp³-hybridized carbons (Fsp3) is 0.188. The molecule has 22 heavy (non-hydrogen) atoms. The van der Waals surface area contributed by atoms with Crippen molar-refractivity contribution in [1.29, 1.82) is 5.41 Å². The van der Waals surface area contributed by atoms with Crippen molar-refractivity contribution in [2.45, 2.75) is 12.5 Å². The number of anilines is 1. The van der Waals surface area contributed by atoms with E-state index in [1.807, 2.05) is 30.3 Å². The summed E-state index contributed by atoms with van der Waals surface area (Å²) in [6, 6.07) is 11.1. The van der Waals surface area contributed by atoms with Crippen LogP contribution in [-0.4, -0.2) is 28.8 Å². The number of hydrogen-bond donors (Lipinski definition) is 3. The molecule has 1 aliphatic heterocycles. The largest absolute Gasteiger partial charge is 0.399 e. The smallest absolute Gasteiger partial charge is 0.259 e. The summed E-state index contributed by atoms with van der Waals surface area (Å²) in [7, 11) is 1.59. The fourth-order valence-corrected chi connectivity index (χ4v) is 2.60. The highest BCUT2D eigenvalue weighted by atomic mass is 16.2. The molecule has 4 N–H and O–H groups in total. The van der Waals surface area contributed by atoms with Gasteiger partial charge in [-0.1, -0.05) is 12.1 Å². The van der Waals surface area contributed by atoms with E-state index in [0.717, 1.165) is 16.8 Å². The van der Waals surface area contributed by atoms with Crippen molar-refractivity contribution >= 4 is 17.6 Å². The highest BCUT2D eigenvalue weighted by Crippen LogP contribution is 2.30. The first-order chi connectivity index (χ1) is 10.4. The van der Waals surface area contributed by atoms with Crippen molar-refractivity contribution in [3.05, 3.63) is 48.2 Å². The summed E-state index contributed by atoms with van der Waals surface area (Å²) < 4.78 is 0. The van der Waals surface area contributed by atoms with Crippen LogP contribution in [0, 0.1) is 5.41 Å². The van der Waals surface area contributed by atoms with Crippen LogP contribution < -0.4 is 11.1 Å². The van der Waals surface area contributed by atoms with Gasteiger partial charge in [0.2, 0.25) is 0 Å². The standard InChI is InChI=1S/C16H17N5O/c1-16(14(22)21(2)15(18)20-16)11-6-7-19-13(9-11)10-4-3-5-12(17)8-10/h3-9H,17H2,1-2H3,(H2,18,20). The number of carbonyl (C=O) groups is 1. The molecule has 1 amide bonds. The lowest BCUT2D eigenvalue weighted by Crippen LogP contribution is -2.40. The molecule has 0 spiro atoms. The van der Waals surface area contributed by atoms with Gasteiger partial charge in [0.05, 0.1) is 5.69 Å². The summed E-state index contributed by atoms with van der Waals surface area (Å²) in [5.41, 5.74) is 7.91. The van der Waals surface area contributed by atoms with E-state index >= 15 is 0 Å². The number of hydrogen-bond acceptors (Lipinski definition) is 4. The molecule has 1 unspecified atom stereocenters. The molecule has 0 radical (unpaired) electrons. The zero-order valence-corrected chi connectivity index (χ0v) is 12.4. The van der Waals surface area contributed by atoms with E-state index in [-0.39, 0.29) is 11.9 Å². The van der Waals surface area contributed by atoms with Crippen molar-refractivity contribution in [2.24, 2.45) is 0 Å². The summed E-state index contributed by atoms with van der Waals surface area (Å²) >= 11 is 0. The SMILES string of the molecule is CN1C(=N)NC(C)(c2ccnc(-c3cccc(N)c3)c2)C1=O. The molecule has 2 heterocycles. The lowest BCUT2D eigenvalue weighted by molar-refractivity contribution is -0.129. The second kappa shape index (κ2) is 4.84. The predicted molar refractivity (Wildman–Crippen MR) is 85.1 cm³/mol. The summed E-state index contributed by atoms with van der Waals surface area (Å²) in [6.45, 7) is 1.77. The number of nitrogens with zero attached hydrogens (tertiary/aromatic N) is 2. The van der Waals surface area contributed by atoms with Crippen LogP contribution in [0.2, 0.25) is 0 Å². The average Bonchev–Trinajstić information content (AvgIpc) is 2.72. The van der Waals surface area contributed by atoms with Crippen LogP contribution in [0.25, 0.3) is 11.3 Å². The van der Waals surface area contributed by atoms with Crippen LogP contribution in [0.5, 0.6) is 0 Å². The Morgan fingerprint density at radius 1 is 1.32 bits per heavy atom. The maximum atomic E-state index is 12.4. The minimum Gasteiger partial charge on any atom is -0.399 e. The van der Waals surface area contributed by atoms with Crippen molar-refractivity contribution in [3.63, 3.8) is 0 Å². The molecular weight excluding hydrogens is 278 g/mol. The molecule has 1 aliphatic rings. The van der Waals surface area contributed by atoms with Gasteiger partial charge in [-0.15, -0.1) is 0 Å².